The Hall–Kier alpha value is -2.16. The average Bonchev–Trinajstić information content (AvgIpc) is 3.17. The Morgan fingerprint density at radius 2 is 1.91 bits per heavy atom. The molecular formula is C14H18N4O4S. The summed E-state index contributed by atoms with van der Waals surface area (Å²) in [5.74, 6) is 0.413. The molecule has 3 rings (SSSR count). The number of sulfonamides is 1. The first-order valence-corrected chi connectivity index (χ1v) is 8.92. The second-order valence-corrected chi connectivity index (χ2v) is 7.47. The fourth-order valence-corrected chi connectivity index (χ4v) is 4.48. The van der Waals surface area contributed by atoms with Crippen LogP contribution in [0.15, 0.2) is 28.1 Å². The molecule has 0 radical (unpaired) electrons. The largest absolute Gasteiger partial charge is 0.366 e. The minimum Gasteiger partial charge on any atom is -0.366 e. The third-order valence-electron chi connectivity index (χ3n) is 4.18. The molecule has 23 heavy (non-hydrogen) atoms. The smallest absolute Gasteiger partial charge is 0.293 e. The van der Waals surface area contributed by atoms with Gasteiger partial charge in [0.25, 0.3) is 15.7 Å². The zero-order valence-electron chi connectivity index (χ0n) is 12.8. The van der Waals surface area contributed by atoms with Crippen LogP contribution < -0.4 is 4.90 Å². The van der Waals surface area contributed by atoms with Gasteiger partial charge in [-0.3, -0.25) is 19.4 Å². The van der Waals surface area contributed by atoms with Crippen LogP contribution in [0, 0.1) is 10.1 Å². The summed E-state index contributed by atoms with van der Waals surface area (Å²) in [6.07, 6.45) is 1.97. The predicted molar refractivity (Wildman–Crippen MR) is 86.4 cm³/mol. The van der Waals surface area contributed by atoms with Gasteiger partial charge in [-0.25, -0.2) is 8.42 Å². The third-order valence-corrected chi connectivity index (χ3v) is 6.06. The second kappa shape index (κ2) is 5.80. The van der Waals surface area contributed by atoms with E-state index in [2.05, 4.69) is 4.99 Å². The van der Waals surface area contributed by atoms with Crippen molar-refractivity contribution in [2.75, 3.05) is 31.1 Å². The molecule has 0 spiro atoms. The molecule has 1 aromatic carbocycles. The van der Waals surface area contributed by atoms with Crippen molar-refractivity contribution in [1.82, 2.24) is 4.31 Å². The molecule has 0 bridgehead atoms. The van der Waals surface area contributed by atoms with Gasteiger partial charge >= 0.3 is 0 Å². The van der Waals surface area contributed by atoms with Gasteiger partial charge in [0.05, 0.1) is 22.9 Å². The van der Waals surface area contributed by atoms with Crippen LogP contribution in [0.4, 0.5) is 11.4 Å². The molecule has 0 N–H and O–H groups in total. The summed E-state index contributed by atoms with van der Waals surface area (Å²) in [5.41, 5.74) is 0.319. The quantitative estimate of drug-likeness (QED) is 0.614. The first kappa shape index (κ1) is 15.7. The molecule has 9 heteroatoms. The van der Waals surface area contributed by atoms with Gasteiger partial charge in [0.15, 0.2) is 0 Å². The normalized spacial score (nSPS) is 18.4. The molecule has 8 nitrogen and oxygen atoms in total. The molecule has 2 aliphatic heterocycles. The molecule has 0 unspecified atom stereocenters. The maximum atomic E-state index is 12.7. The van der Waals surface area contributed by atoms with Crippen molar-refractivity contribution in [2.24, 2.45) is 4.99 Å². The molecule has 1 fully saturated rings. The lowest BCUT2D eigenvalue weighted by Gasteiger charge is -2.20. The van der Waals surface area contributed by atoms with E-state index in [-0.39, 0.29) is 17.1 Å². The van der Waals surface area contributed by atoms with E-state index in [1.807, 2.05) is 4.90 Å². The van der Waals surface area contributed by atoms with E-state index in [1.54, 1.807) is 13.0 Å². The number of benzene rings is 1. The van der Waals surface area contributed by atoms with E-state index in [0.29, 0.717) is 18.1 Å². The number of nitro groups is 1. The highest BCUT2D eigenvalue weighted by Gasteiger charge is 2.31. The van der Waals surface area contributed by atoms with Crippen molar-refractivity contribution in [3.63, 3.8) is 0 Å². The number of aliphatic imine (C=N–C) groups is 1. The minimum atomic E-state index is -3.80. The molecule has 1 aromatic rings. The number of hydrogen-bond acceptors (Lipinski definition) is 6. The Kier molecular flexibility index (Phi) is 3.97. The SMILES string of the molecule is CC1=NCCN1S(=O)(=O)c1ccc(N2CCCC2)c([N+](=O)[O-])c1. The molecule has 2 aliphatic rings. The molecule has 0 amide bonds. The van der Waals surface area contributed by atoms with Gasteiger partial charge in [0.2, 0.25) is 0 Å². The maximum Gasteiger partial charge on any atom is 0.293 e. The molecule has 1 saturated heterocycles. The van der Waals surface area contributed by atoms with Crippen molar-refractivity contribution in [1.29, 1.82) is 0 Å². The highest BCUT2D eigenvalue weighted by atomic mass is 32.2. The summed E-state index contributed by atoms with van der Waals surface area (Å²) in [6.45, 7) is 3.82. The average molecular weight is 338 g/mol. The molecule has 2 heterocycles. The zero-order chi connectivity index (χ0) is 16.6. The number of hydrogen-bond donors (Lipinski definition) is 0. The van der Waals surface area contributed by atoms with E-state index < -0.39 is 14.9 Å². The summed E-state index contributed by atoms with van der Waals surface area (Å²) in [5, 5.41) is 11.4. The lowest BCUT2D eigenvalue weighted by atomic mass is 10.2. The Labute approximate surface area is 134 Å². The first-order chi connectivity index (χ1) is 10.9. The summed E-state index contributed by atoms with van der Waals surface area (Å²) >= 11 is 0. The number of nitrogens with zero attached hydrogens (tertiary/aromatic N) is 4. The van der Waals surface area contributed by atoms with Crippen molar-refractivity contribution in [2.45, 2.75) is 24.7 Å². The van der Waals surface area contributed by atoms with Gasteiger partial charge in [-0.2, -0.15) is 0 Å². The Bertz CT molecular complexity index is 769. The van der Waals surface area contributed by atoms with Gasteiger partial charge in [-0.05, 0) is 31.9 Å². The van der Waals surface area contributed by atoms with Crippen LogP contribution in [-0.4, -0.2) is 49.7 Å². The van der Waals surface area contributed by atoms with Crippen LogP contribution >= 0.6 is 0 Å². The standard InChI is InChI=1S/C14H18N4O4S/c1-11-15-6-9-17(11)23(21,22)12-4-5-13(14(10-12)18(19)20)16-7-2-3-8-16/h4-5,10H,2-3,6-9H2,1H3. The molecule has 124 valence electrons. The number of nitro benzene ring substituents is 1. The van der Waals surface area contributed by atoms with Crippen LogP contribution in [-0.2, 0) is 10.0 Å². The van der Waals surface area contributed by atoms with Gasteiger partial charge in [0.1, 0.15) is 11.5 Å². The lowest BCUT2D eigenvalue weighted by molar-refractivity contribution is -0.384. The van der Waals surface area contributed by atoms with Crippen molar-refractivity contribution >= 4 is 27.2 Å². The first-order valence-electron chi connectivity index (χ1n) is 7.48. The van der Waals surface area contributed by atoms with Gasteiger partial charge < -0.3 is 4.90 Å². The van der Waals surface area contributed by atoms with E-state index in [1.165, 1.54) is 10.4 Å². The van der Waals surface area contributed by atoms with Gasteiger partial charge in [0, 0.05) is 19.2 Å². The fourth-order valence-electron chi connectivity index (χ4n) is 3.00. The number of anilines is 1. The lowest BCUT2D eigenvalue weighted by Crippen LogP contribution is -2.33. The van der Waals surface area contributed by atoms with E-state index in [0.717, 1.165) is 32.0 Å². The second-order valence-electron chi connectivity index (χ2n) is 5.61. The van der Waals surface area contributed by atoms with Crippen LogP contribution in [0.3, 0.4) is 0 Å². The molecule has 0 atom stereocenters. The van der Waals surface area contributed by atoms with Crippen LogP contribution in [0.25, 0.3) is 0 Å². The monoisotopic (exact) mass is 338 g/mol. The van der Waals surface area contributed by atoms with E-state index in [9.17, 15) is 18.5 Å². The summed E-state index contributed by atoms with van der Waals surface area (Å²) in [4.78, 5) is 16.8. The van der Waals surface area contributed by atoms with Crippen LogP contribution in [0.1, 0.15) is 19.8 Å². The van der Waals surface area contributed by atoms with Crippen molar-refractivity contribution in [3.05, 3.63) is 28.3 Å². The predicted octanol–water partition coefficient (Wildman–Crippen LogP) is 1.62. The number of amidine groups is 1. The fraction of sp³-hybridized carbons (Fsp3) is 0.500. The highest BCUT2D eigenvalue weighted by molar-refractivity contribution is 7.89. The Morgan fingerprint density at radius 3 is 2.48 bits per heavy atom. The van der Waals surface area contributed by atoms with Crippen LogP contribution in [0.5, 0.6) is 0 Å². The minimum absolute atomic E-state index is 0.0661. The van der Waals surface area contributed by atoms with Crippen molar-refractivity contribution in [3.8, 4) is 0 Å². The van der Waals surface area contributed by atoms with E-state index >= 15 is 0 Å². The maximum absolute atomic E-state index is 12.7. The zero-order valence-corrected chi connectivity index (χ0v) is 13.6. The summed E-state index contributed by atoms with van der Waals surface area (Å²) in [7, 11) is -3.80. The molecule has 0 aliphatic carbocycles. The summed E-state index contributed by atoms with van der Waals surface area (Å²) < 4.78 is 26.5. The third kappa shape index (κ3) is 2.76. The molecule has 0 aromatic heterocycles. The number of rotatable bonds is 4. The molecular weight excluding hydrogens is 320 g/mol. The van der Waals surface area contributed by atoms with Gasteiger partial charge in [-0.1, -0.05) is 0 Å². The van der Waals surface area contributed by atoms with Crippen LogP contribution in [0.2, 0.25) is 0 Å². The van der Waals surface area contributed by atoms with Crippen molar-refractivity contribution < 1.29 is 13.3 Å². The highest BCUT2D eigenvalue weighted by Crippen LogP contribution is 2.33. The molecule has 0 saturated carbocycles. The van der Waals surface area contributed by atoms with E-state index in [4.69, 9.17) is 0 Å². The van der Waals surface area contributed by atoms with Gasteiger partial charge in [-0.15, -0.1) is 0 Å². The topological polar surface area (TPSA) is 96.1 Å². The Balaban J connectivity index is 2.02. The Morgan fingerprint density at radius 1 is 1.22 bits per heavy atom. The summed E-state index contributed by atoms with van der Waals surface area (Å²) in [6, 6.07) is 4.15.